The highest BCUT2D eigenvalue weighted by atomic mass is 35.5. The predicted molar refractivity (Wildman–Crippen MR) is 59.5 cm³/mol. The molecule has 1 aliphatic heterocycles. The zero-order valence-electron chi connectivity index (χ0n) is 8.76. The first-order valence-corrected chi connectivity index (χ1v) is 5.77. The van der Waals surface area contributed by atoms with Gasteiger partial charge in [-0.15, -0.1) is 11.6 Å². The van der Waals surface area contributed by atoms with E-state index >= 15 is 0 Å². The summed E-state index contributed by atoms with van der Waals surface area (Å²) in [5.74, 6) is 0.939. The Balaban J connectivity index is 2.27. The minimum absolute atomic E-state index is 0.280. The van der Waals surface area contributed by atoms with Gasteiger partial charge in [0.15, 0.2) is 0 Å². The molecule has 3 heteroatoms. The summed E-state index contributed by atoms with van der Waals surface area (Å²) in [6, 6.07) is 0. The van der Waals surface area contributed by atoms with Gasteiger partial charge in [-0.2, -0.15) is 0 Å². The summed E-state index contributed by atoms with van der Waals surface area (Å²) in [6.07, 6.45) is 5.73. The molecule has 2 nitrogen and oxygen atoms in total. The van der Waals surface area contributed by atoms with Crippen LogP contribution in [0.25, 0.3) is 0 Å². The predicted octanol–water partition coefficient (Wildman–Crippen LogP) is 2.57. The summed E-state index contributed by atoms with van der Waals surface area (Å²) in [6.45, 7) is 3.79. The fourth-order valence-electron chi connectivity index (χ4n) is 1.65. The molecule has 0 aliphatic carbocycles. The highest BCUT2D eigenvalue weighted by Crippen LogP contribution is 2.11. The quantitative estimate of drug-likeness (QED) is 0.401. The van der Waals surface area contributed by atoms with Crippen molar-refractivity contribution in [2.24, 2.45) is 0 Å². The van der Waals surface area contributed by atoms with Gasteiger partial charge in [-0.3, -0.25) is 4.79 Å². The molecule has 1 heterocycles. The van der Waals surface area contributed by atoms with E-state index in [4.69, 9.17) is 11.6 Å². The van der Waals surface area contributed by atoms with Crippen LogP contribution in [0.2, 0.25) is 0 Å². The third kappa shape index (κ3) is 3.70. The number of hydrogen-bond acceptors (Lipinski definition) is 1. The lowest BCUT2D eigenvalue weighted by Crippen LogP contribution is -2.35. The van der Waals surface area contributed by atoms with Gasteiger partial charge in [0.25, 0.3) is 0 Å². The monoisotopic (exact) mass is 215 g/mol. The summed E-state index contributed by atoms with van der Waals surface area (Å²) in [7, 11) is 0. The van der Waals surface area contributed by atoms with E-state index in [1.54, 1.807) is 0 Å². The molecular formula is C11H18ClNO. The first-order valence-electron chi connectivity index (χ1n) is 5.23. The van der Waals surface area contributed by atoms with Crippen LogP contribution in [0.5, 0.6) is 0 Å². The maximum Gasteiger partial charge on any atom is 0.222 e. The van der Waals surface area contributed by atoms with E-state index in [0.717, 1.165) is 32.4 Å². The molecule has 0 N–H and O–H groups in total. The van der Waals surface area contributed by atoms with E-state index in [2.05, 4.69) is 13.0 Å². The molecule has 1 aliphatic rings. The molecule has 0 aromatic heterocycles. The van der Waals surface area contributed by atoms with Crippen LogP contribution in [0, 0.1) is 0 Å². The lowest BCUT2D eigenvalue weighted by Gasteiger charge is -2.26. The van der Waals surface area contributed by atoms with Crippen LogP contribution >= 0.6 is 11.6 Å². The number of nitrogens with zero attached hydrogens (tertiary/aromatic N) is 1. The highest BCUT2D eigenvalue weighted by molar-refractivity contribution is 6.17. The second-order valence-corrected chi connectivity index (χ2v) is 4.18. The van der Waals surface area contributed by atoms with E-state index in [1.807, 2.05) is 4.90 Å². The van der Waals surface area contributed by atoms with Gasteiger partial charge in [-0.05, 0) is 26.2 Å². The fourth-order valence-corrected chi connectivity index (χ4v) is 1.84. The molecule has 0 saturated heterocycles. The van der Waals surface area contributed by atoms with Gasteiger partial charge in [0.2, 0.25) is 5.91 Å². The van der Waals surface area contributed by atoms with E-state index < -0.39 is 0 Å². The molecule has 0 radical (unpaired) electrons. The Bertz CT molecular complexity index is 225. The Morgan fingerprint density at radius 3 is 3.00 bits per heavy atom. The number of hydrogen-bond donors (Lipinski definition) is 0. The number of alkyl halides is 1. The first kappa shape index (κ1) is 11.6. The molecule has 0 atom stereocenters. The molecular weight excluding hydrogens is 198 g/mol. The van der Waals surface area contributed by atoms with Crippen molar-refractivity contribution in [2.45, 2.75) is 32.6 Å². The van der Waals surface area contributed by atoms with Crippen molar-refractivity contribution >= 4 is 17.5 Å². The maximum atomic E-state index is 11.7. The smallest absolute Gasteiger partial charge is 0.222 e. The minimum atomic E-state index is 0.280. The van der Waals surface area contributed by atoms with Crippen LogP contribution in [-0.4, -0.2) is 29.8 Å². The maximum absolute atomic E-state index is 11.7. The molecule has 1 amide bonds. The lowest BCUT2D eigenvalue weighted by atomic mass is 10.1. The normalized spacial score (nSPS) is 16.7. The fraction of sp³-hybridized carbons (Fsp3) is 0.727. The zero-order chi connectivity index (χ0) is 10.4. The van der Waals surface area contributed by atoms with Crippen LogP contribution in [0.4, 0.5) is 0 Å². The first-order chi connectivity index (χ1) is 6.74. The third-order valence-corrected chi connectivity index (χ3v) is 2.73. The van der Waals surface area contributed by atoms with Gasteiger partial charge in [0, 0.05) is 25.4 Å². The third-order valence-electron chi connectivity index (χ3n) is 2.46. The van der Waals surface area contributed by atoms with Crippen molar-refractivity contribution in [3.05, 3.63) is 11.6 Å². The van der Waals surface area contributed by atoms with Crippen molar-refractivity contribution < 1.29 is 4.79 Å². The Labute approximate surface area is 90.9 Å². The molecule has 0 spiro atoms. The SMILES string of the molecule is CC1=CCCN(C(=O)CCCCCl)C1. The van der Waals surface area contributed by atoms with E-state index in [1.165, 1.54) is 5.57 Å². The Morgan fingerprint density at radius 1 is 1.57 bits per heavy atom. The Morgan fingerprint density at radius 2 is 2.36 bits per heavy atom. The van der Waals surface area contributed by atoms with Gasteiger partial charge in [0.05, 0.1) is 0 Å². The van der Waals surface area contributed by atoms with Crippen molar-refractivity contribution in [3.8, 4) is 0 Å². The number of rotatable bonds is 4. The second-order valence-electron chi connectivity index (χ2n) is 3.80. The van der Waals surface area contributed by atoms with E-state index in [0.29, 0.717) is 12.3 Å². The molecule has 0 saturated carbocycles. The lowest BCUT2D eigenvalue weighted by molar-refractivity contribution is -0.131. The van der Waals surface area contributed by atoms with Crippen LogP contribution in [0.3, 0.4) is 0 Å². The topological polar surface area (TPSA) is 20.3 Å². The molecule has 0 fully saturated rings. The number of unbranched alkanes of at least 4 members (excludes halogenated alkanes) is 1. The van der Waals surface area contributed by atoms with Crippen LogP contribution in [-0.2, 0) is 4.79 Å². The van der Waals surface area contributed by atoms with Crippen molar-refractivity contribution in [2.75, 3.05) is 19.0 Å². The van der Waals surface area contributed by atoms with Crippen molar-refractivity contribution in [1.29, 1.82) is 0 Å². The zero-order valence-corrected chi connectivity index (χ0v) is 9.52. The second kappa shape index (κ2) is 6.07. The van der Waals surface area contributed by atoms with Gasteiger partial charge in [-0.1, -0.05) is 11.6 Å². The van der Waals surface area contributed by atoms with Crippen molar-refractivity contribution in [1.82, 2.24) is 4.90 Å². The van der Waals surface area contributed by atoms with Crippen LogP contribution in [0.1, 0.15) is 32.6 Å². The molecule has 0 aromatic rings. The number of carbonyl (C=O) groups excluding carboxylic acids is 1. The van der Waals surface area contributed by atoms with E-state index in [9.17, 15) is 4.79 Å². The van der Waals surface area contributed by atoms with Gasteiger partial charge in [0.1, 0.15) is 0 Å². The van der Waals surface area contributed by atoms with Gasteiger partial charge >= 0.3 is 0 Å². The van der Waals surface area contributed by atoms with Gasteiger partial charge in [-0.25, -0.2) is 0 Å². The largest absolute Gasteiger partial charge is 0.338 e. The summed E-state index contributed by atoms with van der Waals surface area (Å²) in [5, 5.41) is 0. The average molecular weight is 216 g/mol. The van der Waals surface area contributed by atoms with E-state index in [-0.39, 0.29) is 5.91 Å². The molecule has 0 unspecified atom stereocenters. The van der Waals surface area contributed by atoms with Crippen LogP contribution in [0.15, 0.2) is 11.6 Å². The summed E-state index contributed by atoms with van der Waals surface area (Å²) in [4.78, 5) is 13.6. The summed E-state index contributed by atoms with van der Waals surface area (Å²) < 4.78 is 0. The number of halogens is 1. The highest BCUT2D eigenvalue weighted by Gasteiger charge is 2.15. The number of amides is 1. The average Bonchev–Trinajstić information content (AvgIpc) is 2.18. The molecule has 14 heavy (non-hydrogen) atoms. The summed E-state index contributed by atoms with van der Waals surface area (Å²) >= 11 is 5.56. The van der Waals surface area contributed by atoms with Crippen LogP contribution < -0.4 is 0 Å². The summed E-state index contributed by atoms with van der Waals surface area (Å²) in [5.41, 5.74) is 1.31. The minimum Gasteiger partial charge on any atom is -0.338 e. The van der Waals surface area contributed by atoms with Crippen molar-refractivity contribution in [3.63, 3.8) is 0 Å². The molecule has 80 valence electrons. The molecule has 1 rings (SSSR count). The number of carbonyl (C=O) groups is 1. The molecule has 0 bridgehead atoms. The standard InChI is InChI=1S/C11H18ClNO/c1-10-5-4-8-13(9-10)11(14)6-2-3-7-12/h5H,2-4,6-9H2,1H3. The molecule has 0 aromatic carbocycles. The van der Waals surface area contributed by atoms with Gasteiger partial charge < -0.3 is 4.90 Å². The Kier molecular flexibility index (Phi) is 5.02. The Hall–Kier alpha value is -0.500.